The molecular weight excluding hydrogens is 253 g/mol. The molecule has 1 aliphatic rings. The molecule has 7 heteroatoms. The number of carbonyl (C=O) groups is 2. The summed E-state index contributed by atoms with van der Waals surface area (Å²) in [5.74, 6) is -1.57. The zero-order valence-electron chi connectivity index (χ0n) is 10.1. The summed E-state index contributed by atoms with van der Waals surface area (Å²) >= 11 is 0. The van der Waals surface area contributed by atoms with Gasteiger partial charge in [0.2, 0.25) is 0 Å². The Kier molecular flexibility index (Phi) is 3.77. The average molecular weight is 267 g/mol. The molecule has 1 amide bonds. The number of hydrogen-bond donors (Lipinski definition) is 2. The highest BCUT2D eigenvalue weighted by Gasteiger charge is 2.32. The van der Waals surface area contributed by atoms with Gasteiger partial charge in [-0.3, -0.25) is 9.59 Å². The first-order valence-electron chi connectivity index (χ1n) is 5.73. The van der Waals surface area contributed by atoms with Gasteiger partial charge in [-0.05, 0) is 18.2 Å². The highest BCUT2D eigenvalue weighted by atomic mass is 19.1. The molecule has 0 spiro atoms. The summed E-state index contributed by atoms with van der Waals surface area (Å²) in [4.78, 5) is 23.5. The summed E-state index contributed by atoms with van der Waals surface area (Å²) in [5.41, 5.74) is 10.8. The lowest BCUT2D eigenvalue weighted by Crippen LogP contribution is -2.31. The topological polar surface area (TPSA) is 98.6 Å². The lowest BCUT2D eigenvalue weighted by molar-refractivity contribution is -0.117. The number of anilines is 1. The fourth-order valence-corrected chi connectivity index (χ4v) is 2.01. The zero-order chi connectivity index (χ0) is 14.0. The van der Waals surface area contributed by atoms with Gasteiger partial charge in [-0.1, -0.05) is 0 Å². The Morgan fingerprint density at radius 1 is 1.58 bits per heavy atom. The maximum Gasteiger partial charge on any atom is 0.251 e. The Bertz CT molecular complexity index is 509. The van der Waals surface area contributed by atoms with E-state index in [1.165, 1.54) is 12.1 Å². The van der Waals surface area contributed by atoms with Gasteiger partial charge in [0.1, 0.15) is 5.82 Å². The van der Waals surface area contributed by atoms with Crippen LogP contribution >= 0.6 is 0 Å². The molecule has 102 valence electrons. The van der Waals surface area contributed by atoms with E-state index in [0.717, 1.165) is 6.07 Å². The molecule has 1 fully saturated rings. The largest absolute Gasteiger partial charge is 0.366 e. The van der Waals surface area contributed by atoms with E-state index in [9.17, 15) is 14.0 Å². The van der Waals surface area contributed by atoms with Crippen LogP contribution in [0.3, 0.4) is 0 Å². The molecule has 0 saturated carbocycles. The van der Waals surface area contributed by atoms with Crippen molar-refractivity contribution in [2.24, 2.45) is 11.5 Å². The molecule has 1 unspecified atom stereocenters. The van der Waals surface area contributed by atoms with Crippen LogP contribution in [-0.4, -0.2) is 37.6 Å². The molecule has 2 rings (SSSR count). The van der Waals surface area contributed by atoms with Crippen LogP contribution in [0.15, 0.2) is 18.2 Å². The molecule has 0 bridgehead atoms. The van der Waals surface area contributed by atoms with Crippen LogP contribution in [0.4, 0.5) is 10.1 Å². The number of rotatable bonds is 4. The standard InChI is InChI=1S/C12H14FN3O3/c13-10-3-7(1-2-9(10)12(15)18)16-5-8(4-14)19-11(16)6-17/h1-3,6,8,11H,4-5,14H2,(H2,15,18)/t8-,11?/m0/s1. The molecule has 1 aliphatic heterocycles. The molecule has 1 saturated heterocycles. The van der Waals surface area contributed by atoms with Crippen molar-refractivity contribution >= 4 is 17.9 Å². The van der Waals surface area contributed by atoms with Gasteiger partial charge < -0.3 is 21.1 Å². The third-order valence-corrected chi connectivity index (χ3v) is 2.97. The summed E-state index contributed by atoms with van der Waals surface area (Å²) in [6.45, 7) is 0.651. The molecule has 1 aromatic carbocycles. The second-order valence-corrected chi connectivity index (χ2v) is 4.20. The SMILES string of the molecule is NC[C@H]1CN(c2ccc(C(N)=O)c(F)c2)C(C=O)O1. The van der Waals surface area contributed by atoms with Crippen LogP contribution in [0.25, 0.3) is 0 Å². The van der Waals surface area contributed by atoms with E-state index in [4.69, 9.17) is 16.2 Å². The van der Waals surface area contributed by atoms with Gasteiger partial charge >= 0.3 is 0 Å². The number of hydrogen-bond acceptors (Lipinski definition) is 5. The number of halogens is 1. The molecular formula is C12H14FN3O3. The second-order valence-electron chi connectivity index (χ2n) is 4.20. The number of nitrogens with two attached hydrogens (primary N) is 2. The van der Waals surface area contributed by atoms with Crippen LogP contribution < -0.4 is 16.4 Å². The van der Waals surface area contributed by atoms with E-state index >= 15 is 0 Å². The van der Waals surface area contributed by atoms with Crippen LogP contribution in [0.5, 0.6) is 0 Å². The third-order valence-electron chi connectivity index (χ3n) is 2.97. The number of primary amides is 1. The van der Waals surface area contributed by atoms with Gasteiger partial charge in [-0.25, -0.2) is 4.39 Å². The molecule has 0 aromatic heterocycles. The number of amides is 1. The number of aldehydes is 1. The summed E-state index contributed by atoms with van der Waals surface area (Å²) < 4.78 is 19.0. The Morgan fingerprint density at radius 2 is 2.32 bits per heavy atom. The molecule has 0 radical (unpaired) electrons. The maximum absolute atomic E-state index is 13.7. The van der Waals surface area contributed by atoms with Crippen molar-refractivity contribution in [2.75, 3.05) is 18.0 Å². The van der Waals surface area contributed by atoms with Gasteiger partial charge in [0, 0.05) is 18.8 Å². The third kappa shape index (κ3) is 2.56. The number of ether oxygens (including phenoxy) is 1. The lowest BCUT2D eigenvalue weighted by atomic mass is 10.1. The minimum atomic E-state index is -0.839. The highest BCUT2D eigenvalue weighted by Crippen LogP contribution is 2.25. The smallest absolute Gasteiger partial charge is 0.251 e. The summed E-state index contributed by atoms with van der Waals surface area (Å²) in [7, 11) is 0. The normalized spacial score (nSPS) is 22.5. The Labute approximate surface area is 109 Å². The fraction of sp³-hybridized carbons (Fsp3) is 0.333. The summed E-state index contributed by atoms with van der Waals surface area (Å²) in [6, 6.07) is 3.95. The van der Waals surface area contributed by atoms with E-state index < -0.39 is 18.0 Å². The van der Waals surface area contributed by atoms with Crippen molar-refractivity contribution < 1.29 is 18.7 Å². The predicted octanol–water partition coefficient (Wildman–Crippen LogP) is -0.387. The van der Waals surface area contributed by atoms with E-state index in [-0.39, 0.29) is 18.2 Å². The molecule has 0 aliphatic carbocycles. The molecule has 19 heavy (non-hydrogen) atoms. The first-order valence-corrected chi connectivity index (χ1v) is 5.73. The van der Waals surface area contributed by atoms with Gasteiger partial charge in [-0.15, -0.1) is 0 Å². The van der Waals surface area contributed by atoms with E-state index in [2.05, 4.69) is 0 Å². The van der Waals surface area contributed by atoms with Crippen molar-refractivity contribution in [3.63, 3.8) is 0 Å². The zero-order valence-corrected chi connectivity index (χ0v) is 10.1. The van der Waals surface area contributed by atoms with Crippen LogP contribution in [0, 0.1) is 5.82 Å². The minimum absolute atomic E-state index is 0.193. The number of nitrogens with zero attached hydrogens (tertiary/aromatic N) is 1. The maximum atomic E-state index is 13.7. The van der Waals surface area contributed by atoms with Crippen molar-refractivity contribution in [3.05, 3.63) is 29.6 Å². The highest BCUT2D eigenvalue weighted by molar-refractivity contribution is 5.93. The van der Waals surface area contributed by atoms with Crippen LogP contribution in [0.2, 0.25) is 0 Å². The van der Waals surface area contributed by atoms with Crippen LogP contribution in [0.1, 0.15) is 10.4 Å². The van der Waals surface area contributed by atoms with Crippen molar-refractivity contribution in [1.29, 1.82) is 0 Å². The monoisotopic (exact) mass is 267 g/mol. The number of carbonyl (C=O) groups excluding carboxylic acids is 2. The first-order chi connectivity index (χ1) is 9.06. The quantitative estimate of drug-likeness (QED) is 0.724. The number of benzene rings is 1. The predicted molar refractivity (Wildman–Crippen MR) is 66.0 cm³/mol. The van der Waals surface area contributed by atoms with E-state index in [0.29, 0.717) is 18.5 Å². The summed E-state index contributed by atoms with van der Waals surface area (Å²) in [6.07, 6.45) is -0.461. The molecule has 1 heterocycles. The molecule has 2 atom stereocenters. The van der Waals surface area contributed by atoms with Gasteiger partial charge in [-0.2, -0.15) is 0 Å². The second kappa shape index (κ2) is 5.33. The Balaban J connectivity index is 2.29. The molecule has 1 aromatic rings. The lowest BCUT2D eigenvalue weighted by Gasteiger charge is -2.21. The average Bonchev–Trinajstić information content (AvgIpc) is 2.81. The fourth-order valence-electron chi connectivity index (χ4n) is 2.01. The van der Waals surface area contributed by atoms with Gasteiger partial charge in [0.15, 0.2) is 12.5 Å². The Hall–Kier alpha value is -1.99. The van der Waals surface area contributed by atoms with Crippen molar-refractivity contribution in [1.82, 2.24) is 0 Å². The van der Waals surface area contributed by atoms with E-state index in [1.54, 1.807) is 4.90 Å². The molecule has 6 nitrogen and oxygen atoms in total. The molecule has 4 N–H and O–H groups in total. The van der Waals surface area contributed by atoms with Crippen molar-refractivity contribution in [2.45, 2.75) is 12.3 Å². The first kappa shape index (κ1) is 13.4. The van der Waals surface area contributed by atoms with Crippen molar-refractivity contribution in [3.8, 4) is 0 Å². The summed E-state index contributed by atoms with van der Waals surface area (Å²) in [5, 5.41) is 0. The minimum Gasteiger partial charge on any atom is -0.366 e. The van der Waals surface area contributed by atoms with Gasteiger partial charge in [0.25, 0.3) is 5.91 Å². The Morgan fingerprint density at radius 3 is 2.84 bits per heavy atom. The van der Waals surface area contributed by atoms with E-state index in [1.807, 2.05) is 0 Å². The van der Waals surface area contributed by atoms with Crippen LogP contribution in [-0.2, 0) is 9.53 Å². The van der Waals surface area contributed by atoms with Gasteiger partial charge in [0.05, 0.1) is 11.7 Å².